The molecule has 0 saturated carbocycles. The average molecular weight is 452 g/mol. The molecule has 9 nitrogen and oxygen atoms in total. The van der Waals surface area contributed by atoms with Crippen LogP contribution in [0.5, 0.6) is 5.75 Å². The number of aromatic nitrogens is 3. The van der Waals surface area contributed by atoms with E-state index in [1.54, 1.807) is 43.3 Å². The molecule has 3 aromatic carbocycles. The summed E-state index contributed by atoms with van der Waals surface area (Å²) in [5.41, 5.74) is 4.65. The van der Waals surface area contributed by atoms with E-state index >= 15 is 0 Å². The number of hydrazine groups is 1. The third-order valence-corrected chi connectivity index (χ3v) is 6.84. The standard InChI is InChI=1S/C22H21N5O4S/c1-14-11-15(7-10-21(28)24-23)12-20(22(14)29)27-25-18-9-8-17(13-19(18)26-27)32(30,31)16-5-3-2-4-6-16/h2-6,8-9,11-13,29H,7,10,23H2,1H3,(H,24,28). The molecule has 0 unspecified atom stereocenters. The lowest BCUT2D eigenvalue weighted by atomic mass is 10.0. The molecule has 0 aliphatic rings. The van der Waals surface area contributed by atoms with Crippen LogP contribution in [0.1, 0.15) is 17.5 Å². The smallest absolute Gasteiger partial charge is 0.234 e. The minimum atomic E-state index is -3.70. The number of nitrogens with one attached hydrogen (secondary N) is 1. The molecule has 1 amide bonds. The number of carbonyl (C=O) groups excluding carboxylic acids is 1. The Morgan fingerprint density at radius 3 is 2.47 bits per heavy atom. The molecule has 0 fully saturated rings. The quantitative estimate of drug-likeness (QED) is 0.232. The van der Waals surface area contributed by atoms with Crippen LogP contribution in [0, 0.1) is 6.92 Å². The van der Waals surface area contributed by atoms with Gasteiger partial charge in [-0.05, 0) is 60.9 Å². The van der Waals surface area contributed by atoms with Crippen LogP contribution < -0.4 is 11.3 Å². The fourth-order valence-corrected chi connectivity index (χ4v) is 4.67. The molecule has 0 radical (unpaired) electrons. The Kier molecular flexibility index (Phi) is 5.64. The Labute approximate surface area is 184 Å². The van der Waals surface area contributed by atoms with E-state index < -0.39 is 9.84 Å². The zero-order chi connectivity index (χ0) is 22.9. The van der Waals surface area contributed by atoms with Crippen LogP contribution >= 0.6 is 0 Å². The monoisotopic (exact) mass is 451 g/mol. The van der Waals surface area contributed by atoms with Crippen LogP contribution in [-0.4, -0.2) is 34.4 Å². The van der Waals surface area contributed by atoms with Crippen LogP contribution in [0.25, 0.3) is 16.7 Å². The number of aromatic hydroxyl groups is 1. The average Bonchev–Trinajstić information content (AvgIpc) is 3.23. The van der Waals surface area contributed by atoms with Gasteiger partial charge >= 0.3 is 0 Å². The van der Waals surface area contributed by atoms with Crippen molar-refractivity contribution in [2.75, 3.05) is 0 Å². The number of phenols is 1. The number of aryl methyl sites for hydroxylation is 2. The number of phenolic OH excluding ortho intramolecular Hbond substituents is 1. The Morgan fingerprint density at radius 2 is 1.75 bits per heavy atom. The summed E-state index contributed by atoms with van der Waals surface area (Å²) in [5, 5.41) is 19.3. The van der Waals surface area contributed by atoms with Crippen molar-refractivity contribution in [2.45, 2.75) is 29.6 Å². The molecule has 32 heavy (non-hydrogen) atoms. The van der Waals surface area contributed by atoms with Gasteiger partial charge in [-0.25, -0.2) is 14.3 Å². The maximum Gasteiger partial charge on any atom is 0.234 e. The second-order valence-corrected chi connectivity index (χ2v) is 9.25. The Bertz CT molecular complexity index is 1420. The molecule has 0 saturated heterocycles. The molecule has 1 heterocycles. The van der Waals surface area contributed by atoms with Crippen molar-refractivity contribution in [2.24, 2.45) is 5.84 Å². The van der Waals surface area contributed by atoms with Gasteiger partial charge in [-0.2, -0.15) is 0 Å². The first-order chi connectivity index (χ1) is 15.3. The van der Waals surface area contributed by atoms with E-state index in [0.717, 1.165) is 5.56 Å². The molecule has 0 aliphatic carbocycles. The van der Waals surface area contributed by atoms with Gasteiger partial charge in [0.15, 0.2) is 0 Å². The molecular formula is C22H21N5O4S. The fourth-order valence-electron chi connectivity index (χ4n) is 3.37. The van der Waals surface area contributed by atoms with Crippen molar-refractivity contribution in [1.82, 2.24) is 20.4 Å². The van der Waals surface area contributed by atoms with Crippen LogP contribution in [0.4, 0.5) is 0 Å². The van der Waals surface area contributed by atoms with Crippen molar-refractivity contribution in [3.63, 3.8) is 0 Å². The molecule has 4 rings (SSSR count). The predicted octanol–water partition coefficient (Wildman–Crippen LogP) is 2.19. The first-order valence-electron chi connectivity index (χ1n) is 9.79. The highest BCUT2D eigenvalue weighted by atomic mass is 32.2. The predicted molar refractivity (Wildman–Crippen MR) is 118 cm³/mol. The van der Waals surface area contributed by atoms with E-state index in [1.807, 2.05) is 0 Å². The Morgan fingerprint density at radius 1 is 1.03 bits per heavy atom. The summed E-state index contributed by atoms with van der Waals surface area (Å²) in [6.45, 7) is 1.74. The maximum absolute atomic E-state index is 12.9. The summed E-state index contributed by atoms with van der Waals surface area (Å²) < 4.78 is 25.8. The van der Waals surface area contributed by atoms with E-state index in [0.29, 0.717) is 28.7 Å². The summed E-state index contributed by atoms with van der Waals surface area (Å²) in [5.74, 6) is 4.82. The molecule has 0 bridgehead atoms. The van der Waals surface area contributed by atoms with Crippen LogP contribution in [0.15, 0.2) is 70.5 Å². The summed E-state index contributed by atoms with van der Waals surface area (Å²) >= 11 is 0. The summed E-state index contributed by atoms with van der Waals surface area (Å²) in [7, 11) is -3.70. The van der Waals surface area contributed by atoms with Gasteiger partial charge in [0.25, 0.3) is 0 Å². The lowest BCUT2D eigenvalue weighted by Gasteiger charge is -2.10. The van der Waals surface area contributed by atoms with Gasteiger partial charge in [-0.15, -0.1) is 15.0 Å². The summed E-state index contributed by atoms with van der Waals surface area (Å²) in [4.78, 5) is 13.0. The van der Waals surface area contributed by atoms with E-state index in [1.165, 1.54) is 29.1 Å². The van der Waals surface area contributed by atoms with E-state index in [4.69, 9.17) is 5.84 Å². The number of hydrogen-bond donors (Lipinski definition) is 3. The Balaban J connectivity index is 1.73. The molecular weight excluding hydrogens is 430 g/mol. The lowest BCUT2D eigenvalue weighted by molar-refractivity contribution is -0.121. The van der Waals surface area contributed by atoms with Crippen molar-refractivity contribution in [1.29, 1.82) is 0 Å². The van der Waals surface area contributed by atoms with Gasteiger partial charge in [-0.3, -0.25) is 10.2 Å². The number of fused-ring (bicyclic) bond motifs is 1. The molecule has 10 heteroatoms. The third-order valence-electron chi connectivity index (χ3n) is 5.07. The number of rotatable bonds is 6. The van der Waals surface area contributed by atoms with Gasteiger partial charge < -0.3 is 5.11 Å². The number of nitrogens with two attached hydrogens (primary N) is 1. The van der Waals surface area contributed by atoms with Crippen molar-refractivity contribution in [3.8, 4) is 11.4 Å². The van der Waals surface area contributed by atoms with E-state index in [-0.39, 0.29) is 27.9 Å². The molecule has 0 atom stereocenters. The molecule has 164 valence electrons. The summed E-state index contributed by atoms with van der Waals surface area (Å²) in [6, 6.07) is 16.1. The highest BCUT2D eigenvalue weighted by molar-refractivity contribution is 7.91. The molecule has 0 aliphatic heterocycles. The van der Waals surface area contributed by atoms with Gasteiger partial charge in [0.1, 0.15) is 22.5 Å². The Hall–Kier alpha value is -3.76. The van der Waals surface area contributed by atoms with Crippen LogP contribution in [0.3, 0.4) is 0 Å². The van der Waals surface area contributed by atoms with Gasteiger partial charge in [0.2, 0.25) is 15.7 Å². The van der Waals surface area contributed by atoms with Gasteiger partial charge in [0, 0.05) is 6.42 Å². The van der Waals surface area contributed by atoms with E-state index in [9.17, 15) is 18.3 Å². The largest absolute Gasteiger partial charge is 0.505 e. The van der Waals surface area contributed by atoms with Gasteiger partial charge in [0.05, 0.1) is 9.79 Å². The molecule has 1 aromatic heterocycles. The second-order valence-electron chi connectivity index (χ2n) is 7.30. The fraction of sp³-hybridized carbons (Fsp3) is 0.136. The number of nitrogens with zero attached hydrogens (tertiary/aromatic N) is 3. The van der Waals surface area contributed by atoms with Crippen molar-refractivity contribution in [3.05, 3.63) is 71.8 Å². The van der Waals surface area contributed by atoms with Crippen molar-refractivity contribution < 1.29 is 18.3 Å². The van der Waals surface area contributed by atoms with Crippen molar-refractivity contribution >= 4 is 26.8 Å². The van der Waals surface area contributed by atoms with E-state index in [2.05, 4.69) is 15.6 Å². The maximum atomic E-state index is 12.9. The number of hydrogen-bond acceptors (Lipinski definition) is 7. The normalized spacial score (nSPS) is 11.6. The first kappa shape index (κ1) is 21.5. The third kappa shape index (κ3) is 4.05. The SMILES string of the molecule is Cc1cc(CCC(=O)NN)cc(-n2nc3ccc(S(=O)(=O)c4ccccc4)cc3n2)c1O. The number of amides is 1. The first-order valence-corrected chi connectivity index (χ1v) is 11.3. The topological polar surface area (TPSA) is 140 Å². The minimum Gasteiger partial charge on any atom is -0.505 e. The second kappa shape index (κ2) is 8.40. The number of benzene rings is 3. The zero-order valence-corrected chi connectivity index (χ0v) is 18.0. The molecule has 4 N–H and O–H groups in total. The lowest BCUT2D eigenvalue weighted by Crippen LogP contribution is -2.30. The molecule has 0 spiro atoms. The zero-order valence-electron chi connectivity index (χ0n) is 17.2. The van der Waals surface area contributed by atoms with Gasteiger partial charge in [-0.1, -0.05) is 24.3 Å². The minimum absolute atomic E-state index is 0.00513. The van der Waals surface area contributed by atoms with Crippen LogP contribution in [-0.2, 0) is 21.1 Å². The summed E-state index contributed by atoms with van der Waals surface area (Å²) in [6.07, 6.45) is 0.604. The van der Waals surface area contributed by atoms with Crippen LogP contribution in [0.2, 0.25) is 0 Å². The highest BCUT2D eigenvalue weighted by Gasteiger charge is 2.19. The number of carbonyl (C=O) groups is 1. The number of sulfone groups is 1. The highest BCUT2D eigenvalue weighted by Crippen LogP contribution is 2.29. The molecule has 4 aromatic rings.